The average molecular weight is 257 g/mol. The number of nitrogens with one attached hydrogen (secondary N) is 1. The summed E-state index contributed by atoms with van der Waals surface area (Å²) in [5, 5.41) is 22.2. The number of carbonyl (C=O) groups is 2. The van der Waals surface area contributed by atoms with Gasteiger partial charge < -0.3 is 15.5 Å². The van der Waals surface area contributed by atoms with Gasteiger partial charge in [-0.25, -0.2) is 0 Å². The van der Waals surface area contributed by atoms with Gasteiger partial charge in [-0.3, -0.25) is 9.59 Å². The van der Waals surface area contributed by atoms with Gasteiger partial charge in [-0.05, 0) is 32.6 Å². The molecule has 0 spiro atoms. The molecule has 1 amide bonds. The molecule has 0 aromatic heterocycles. The largest absolute Gasteiger partial charge is 0.480 e. The molecule has 0 aromatic rings. The Hall–Kier alpha value is -1.10. The second-order valence-corrected chi connectivity index (χ2v) is 6.07. The summed E-state index contributed by atoms with van der Waals surface area (Å²) in [5.74, 6) is -1.81. The van der Waals surface area contributed by atoms with Gasteiger partial charge in [-0.15, -0.1) is 0 Å². The third kappa shape index (κ3) is 3.22. The minimum absolute atomic E-state index is 0.0917. The Morgan fingerprint density at radius 2 is 1.83 bits per heavy atom. The summed E-state index contributed by atoms with van der Waals surface area (Å²) in [6, 6.07) is 0.111. The topological polar surface area (TPSA) is 86.6 Å². The van der Waals surface area contributed by atoms with Crippen LogP contribution in [0.15, 0.2) is 0 Å². The van der Waals surface area contributed by atoms with E-state index >= 15 is 0 Å². The first-order valence-electron chi connectivity index (χ1n) is 6.36. The van der Waals surface area contributed by atoms with Crippen LogP contribution in [0.2, 0.25) is 0 Å². The van der Waals surface area contributed by atoms with E-state index in [1.54, 1.807) is 20.8 Å². The van der Waals surface area contributed by atoms with Crippen LogP contribution in [0.5, 0.6) is 0 Å². The standard InChI is InChI=1S/C13H23NO4/c1-8(2)13(4,18)7-12(3,11(16)17)10(15)14-9-5-6-9/h8-9,18H,5-7H2,1-4H3,(H,14,15)(H,16,17). The maximum absolute atomic E-state index is 12.1. The SMILES string of the molecule is CC(C)C(C)(O)CC(C)(C(=O)O)C(=O)NC1CC1. The van der Waals surface area contributed by atoms with E-state index in [9.17, 15) is 19.8 Å². The van der Waals surface area contributed by atoms with Crippen LogP contribution in [0.1, 0.15) is 47.0 Å². The molecule has 1 rings (SSSR count). The number of carbonyl (C=O) groups excluding carboxylic acids is 1. The number of carboxylic acids is 1. The molecule has 18 heavy (non-hydrogen) atoms. The lowest BCUT2D eigenvalue weighted by Gasteiger charge is -2.35. The van der Waals surface area contributed by atoms with Gasteiger partial charge in [0.2, 0.25) is 5.91 Å². The van der Waals surface area contributed by atoms with Crippen molar-refractivity contribution >= 4 is 11.9 Å². The lowest BCUT2D eigenvalue weighted by molar-refractivity contribution is -0.160. The predicted octanol–water partition coefficient (Wildman–Crippen LogP) is 1.15. The van der Waals surface area contributed by atoms with Gasteiger partial charge in [0, 0.05) is 12.5 Å². The minimum Gasteiger partial charge on any atom is -0.480 e. The molecule has 1 aliphatic rings. The minimum atomic E-state index is -1.59. The quantitative estimate of drug-likeness (QED) is 0.623. The van der Waals surface area contributed by atoms with Crippen molar-refractivity contribution in [1.82, 2.24) is 5.32 Å². The maximum atomic E-state index is 12.1. The second-order valence-electron chi connectivity index (χ2n) is 6.07. The second kappa shape index (κ2) is 4.88. The molecule has 0 radical (unpaired) electrons. The molecule has 1 fully saturated rings. The first kappa shape index (κ1) is 15.0. The summed E-state index contributed by atoms with van der Waals surface area (Å²) in [6.07, 6.45) is 1.72. The molecule has 5 heteroatoms. The third-order valence-electron chi connectivity index (χ3n) is 3.84. The van der Waals surface area contributed by atoms with Crippen LogP contribution in [0, 0.1) is 11.3 Å². The first-order chi connectivity index (χ1) is 8.09. The fraction of sp³-hybridized carbons (Fsp3) is 0.846. The molecule has 1 aliphatic carbocycles. The molecule has 2 unspecified atom stereocenters. The fourth-order valence-electron chi connectivity index (χ4n) is 1.75. The van der Waals surface area contributed by atoms with Crippen molar-refractivity contribution in [3.05, 3.63) is 0 Å². The van der Waals surface area contributed by atoms with Gasteiger partial charge in [0.1, 0.15) is 5.41 Å². The Morgan fingerprint density at radius 1 is 1.33 bits per heavy atom. The Kier molecular flexibility index (Phi) is 4.05. The fourth-order valence-corrected chi connectivity index (χ4v) is 1.75. The van der Waals surface area contributed by atoms with E-state index in [0.29, 0.717) is 0 Å². The van der Waals surface area contributed by atoms with E-state index in [1.807, 2.05) is 0 Å². The van der Waals surface area contributed by atoms with Crippen LogP contribution in [0.25, 0.3) is 0 Å². The molecule has 104 valence electrons. The molecule has 0 aromatic carbocycles. The van der Waals surface area contributed by atoms with Gasteiger partial charge in [-0.1, -0.05) is 13.8 Å². The van der Waals surface area contributed by atoms with Crippen LogP contribution in [0.3, 0.4) is 0 Å². The first-order valence-corrected chi connectivity index (χ1v) is 6.36. The smallest absolute Gasteiger partial charge is 0.319 e. The van der Waals surface area contributed by atoms with E-state index in [0.717, 1.165) is 12.8 Å². The number of hydrogen-bond acceptors (Lipinski definition) is 3. The maximum Gasteiger partial charge on any atom is 0.319 e. The highest BCUT2D eigenvalue weighted by molar-refractivity contribution is 6.01. The summed E-state index contributed by atoms with van der Waals surface area (Å²) < 4.78 is 0. The average Bonchev–Trinajstić information content (AvgIpc) is 3.00. The summed E-state index contributed by atoms with van der Waals surface area (Å²) in [7, 11) is 0. The highest BCUT2D eigenvalue weighted by Gasteiger charge is 2.48. The Labute approximate surface area is 108 Å². The normalized spacial score (nSPS) is 22.1. The molecule has 2 atom stereocenters. The number of carboxylic acid groups (broad SMARTS) is 1. The Balaban J connectivity index is 2.85. The molecular formula is C13H23NO4. The Bertz CT molecular complexity index is 347. The van der Waals surface area contributed by atoms with Crippen molar-refractivity contribution < 1.29 is 19.8 Å². The molecule has 5 nitrogen and oxygen atoms in total. The molecule has 0 heterocycles. The number of hydrogen-bond donors (Lipinski definition) is 3. The third-order valence-corrected chi connectivity index (χ3v) is 3.84. The van der Waals surface area contributed by atoms with Crippen molar-refractivity contribution in [1.29, 1.82) is 0 Å². The van der Waals surface area contributed by atoms with Crippen LogP contribution in [0.4, 0.5) is 0 Å². The van der Waals surface area contributed by atoms with Gasteiger partial charge >= 0.3 is 5.97 Å². The number of aliphatic carboxylic acids is 1. The molecule has 0 saturated heterocycles. The summed E-state index contributed by atoms with van der Waals surface area (Å²) in [5.41, 5.74) is -2.77. The summed E-state index contributed by atoms with van der Waals surface area (Å²) in [4.78, 5) is 23.4. The molecule has 0 bridgehead atoms. The van der Waals surface area contributed by atoms with E-state index in [1.165, 1.54) is 6.92 Å². The zero-order chi connectivity index (χ0) is 14.1. The zero-order valence-electron chi connectivity index (χ0n) is 11.5. The van der Waals surface area contributed by atoms with Crippen molar-refractivity contribution in [3.63, 3.8) is 0 Å². The van der Waals surface area contributed by atoms with E-state index in [4.69, 9.17) is 0 Å². The van der Waals surface area contributed by atoms with Gasteiger partial charge in [0.25, 0.3) is 0 Å². The van der Waals surface area contributed by atoms with Gasteiger partial charge in [0.05, 0.1) is 5.60 Å². The monoisotopic (exact) mass is 257 g/mol. The number of rotatable bonds is 6. The van der Waals surface area contributed by atoms with Crippen molar-refractivity contribution in [3.8, 4) is 0 Å². The van der Waals surface area contributed by atoms with Crippen LogP contribution in [-0.4, -0.2) is 33.7 Å². The van der Waals surface area contributed by atoms with Crippen molar-refractivity contribution in [2.45, 2.75) is 58.6 Å². The molecule has 1 saturated carbocycles. The highest BCUT2D eigenvalue weighted by Crippen LogP contribution is 2.34. The van der Waals surface area contributed by atoms with E-state index in [2.05, 4.69) is 5.32 Å². The number of aliphatic hydroxyl groups is 1. The zero-order valence-corrected chi connectivity index (χ0v) is 11.5. The summed E-state index contributed by atoms with van der Waals surface area (Å²) >= 11 is 0. The molecule has 0 aliphatic heterocycles. The lowest BCUT2D eigenvalue weighted by Crippen LogP contribution is -2.50. The van der Waals surface area contributed by atoms with Gasteiger partial charge in [-0.2, -0.15) is 0 Å². The van der Waals surface area contributed by atoms with Gasteiger partial charge in [0.15, 0.2) is 0 Å². The molecular weight excluding hydrogens is 234 g/mol. The molecule has 3 N–H and O–H groups in total. The van der Waals surface area contributed by atoms with Crippen LogP contribution >= 0.6 is 0 Å². The van der Waals surface area contributed by atoms with Crippen molar-refractivity contribution in [2.24, 2.45) is 11.3 Å². The van der Waals surface area contributed by atoms with E-state index < -0.39 is 22.9 Å². The Morgan fingerprint density at radius 3 is 2.17 bits per heavy atom. The van der Waals surface area contributed by atoms with Crippen LogP contribution < -0.4 is 5.32 Å². The summed E-state index contributed by atoms with van der Waals surface area (Å²) in [6.45, 7) is 6.56. The number of amides is 1. The van der Waals surface area contributed by atoms with Crippen LogP contribution in [-0.2, 0) is 9.59 Å². The highest BCUT2D eigenvalue weighted by atomic mass is 16.4. The van der Waals surface area contributed by atoms with Crippen molar-refractivity contribution in [2.75, 3.05) is 0 Å². The van der Waals surface area contributed by atoms with E-state index in [-0.39, 0.29) is 18.4 Å². The lowest BCUT2D eigenvalue weighted by atomic mass is 9.74. The predicted molar refractivity (Wildman–Crippen MR) is 67.0 cm³/mol.